The predicted molar refractivity (Wildman–Crippen MR) is 123 cm³/mol. The lowest BCUT2D eigenvalue weighted by Gasteiger charge is -2.49. The third-order valence-corrected chi connectivity index (χ3v) is 6.61. The minimum absolute atomic E-state index is 0.191. The number of piperazine rings is 1. The molecule has 1 amide bonds. The highest BCUT2D eigenvalue weighted by Crippen LogP contribution is 2.40. The maximum atomic E-state index is 13.4. The summed E-state index contributed by atoms with van der Waals surface area (Å²) < 4.78 is 53.4. The van der Waals surface area contributed by atoms with Crippen LogP contribution in [0.1, 0.15) is 11.1 Å². The summed E-state index contributed by atoms with van der Waals surface area (Å²) in [7, 11) is 0. The number of anilines is 3. The van der Waals surface area contributed by atoms with Gasteiger partial charge in [0, 0.05) is 36.7 Å². The summed E-state index contributed by atoms with van der Waals surface area (Å²) in [5.41, 5.74) is 2.03. The standard InChI is InChI=1S/C26H23F4N3O/c27-19-7-9-20(10-8-19)31-25(34)22-15-17-14-18(26(28,29)30)6-11-23(17)33-13-12-32(16-24(22)33)21-4-2-1-3-5-21/h1-11,14,22,24H,12-13,15-16H2,(H,31,34)/t22-,24+/m0/s1. The molecule has 2 atom stereocenters. The van der Waals surface area contributed by atoms with E-state index in [9.17, 15) is 22.4 Å². The van der Waals surface area contributed by atoms with Gasteiger partial charge in [-0.1, -0.05) is 18.2 Å². The van der Waals surface area contributed by atoms with E-state index in [0.29, 0.717) is 30.9 Å². The molecule has 0 aliphatic carbocycles. The normalized spacial score (nSPS) is 19.9. The Morgan fingerprint density at radius 1 is 0.941 bits per heavy atom. The number of carbonyl (C=O) groups excluding carboxylic acids is 1. The average Bonchev–Trinajstić information content (AvgIpc) is 2.84. The van der Waals surface area contributed by atoms with Crippen molar-refractivity contribution in [3.05, 3.63) is 89.7 Å². The minimum Gasteiger partial charge on any atom is -0.368 e. The lowest BCUT2D eigenvalue weighted by atomic mass is 9.82. The highest BCUT2D eigenvalue weighted by atomic mass is 19.4. The molecule has 2 heterocycles. The Kier molecular flexibility index (Phi) is 5.67. The number of benzene rings is 3. The second-order valence-electron chi connectivity index (χ2n) is 8.69. The number of amides is 1. The zero-order valence-electron chi connectivity index (χ0n) is 18.2. The molecule has 3 aromatic rings. The SMILES string of the molecule is O=C(Nc1ccc(F)cc1)[C@H]1Cc2cc(C(F)(F)F)ccc2N2CCN(c3ccccc3)C[C@H]12. The molecule has 5 rings (SSSR count). The van der Waals surface area contributed by atoms with Gasteiger partial charge in [-0.15, -0.1) is 0 Å². The van der Waals surface area contributed by atoms with Gasteiger partial charge in [-0.3, -0.25) is 4.79 Å². The maximum Gasteiger partial charge on any atom is 0.416 e. The van der Waals surface area contributed by atoms with Crippen LogP contribution in [0.5, 0.6) is 0 Å². The average molecular weight is 469 g/mol. The number of carbonyl (C=O) groups is 1. The molecule has 0 radical (unpaired) electrons. The summed E-state index contributed by atoms with van der Waals surface area (Å²) >= 11 is 0. The zero-order valence-corrected chi connectivity index (χ0v) is 18.2. The quantitative estimate of drug-likeness (QED) is 0.526. The molecule has 34 heavy (non-hydrogen) atoms. The molecular weight excluding hydrogens is 446 g/mol. The van der Waals surface area contributed by atoms with Gasteiger partial charge in [0.25, 0.3) is 0 Å². The fourth-order valence-electron chi connectivity index (χ4n) is 4.94. The van der Waals surface area contributed by atoms with Crippen LogP contribution in [0.15, 0.2) is 72.8 Å². The molecule has 0 bridgehead atoms. The minimum atomic E-state index is -4.45. The first-order chi connectivity index (χ1) is 16.3. The summed E-state index contributed by atoms with van der Waals surface area (Å²) in [6.07, 6.45) is -4.26. The van der Waals surface area contributed by atoms with Crippen LogP contribution in [0.25, 0.3) is 0 Å². The number of halogens is 4. The van der Waals surface area contributed by atoms with Crippen molar-refractivity contribution in [1.82, 2.24) is 0 Å². The van der Waals surface area contributed by atoms with Crippen LogP contribution in [-0.2, 0) is 17.4 Å². The molecule has 0 aromatic heterocycles. The van der Waals surface area contributed by atoms with E-state index in [-0.39, 0.29) is 18.4 Å². The molecule has 2 aliphatic rings. The van der Waals surface area contributed by atoms with Gasteiger partial charge in [0.15, 0.2) is 0 Å². The van der Waals surface area contributed by atoms with Crippen molar-refractivity contribution < 1.29 is 22.4 Å². The van der Waals surface area contributed by atoms with Gasteiger partial charge in [0.05, 0.1) is 17.5 Å². The van der Waals surface area contributed by atoms with Crippen molar-refractivity contribution in [1.29, 1.82) is 0 Å². The number of para-hydroxylation sites is 1. The molecule has 2 aliphatic heterocycles. The summed E-state index contributed by atoms with van der Waals surface area (Å²) in [6.45, 7) is 1.83. The van der Waals surface area contributed by atoms with E-state index in [2.05, 4.69) is 15.1 Å². The summed E-state index contributed by atoms with van der Waals surface area (Å²) in [5, 5.41) is 2.83. The van der Waals surface area contributed by atoms with Crippen LogP contribution in [0.2, 0.25) is 0 Å². The fourth-order valence-corrected chi connectivity index (χ4v) is 4.94. The predicted octanol–water partition coefficient (Wildman–Crippen LogP) is 5.35. The Morgan fingerprint density at radius 3 is 2.38 bits per heavy atom. The molecule has 0 saturated carbocycles. The van der Waals surface area contributed by atoms with E-state index >= 15 is 0 Å². The molecule has 0 unspecified atom stereocenters. The second kappa shape index (κ2) is 8.66. The Balaban J connectivity index is 1.48. The highest BCUT2D eigenvalue weighted by molar-refractivity contribution is 5.94. The maximum absolute atomic E-state index is 13.4. The number of fused-ring (bicyclic) bond motifs is 3. The number of rotatable bonds is 3. The van der Waals surface area contributed by atoms with E-state index in [4.69, 9.17) is 0 Å². The Bertz CT molecular complexity index is 1180. The topological polar surface area (TPSA) is 35.6 Å². The molecule has 0 spiro atoms. The van der Waals surface area contributed by atoms with Crippen molar-refractivity contribution in [3.8, 4) is 0 Å². The van der Waals surface area contributed by atoms with Crippen LogP contribution < -0.4 is 15.1 Å². The monoisotopic (exact) mass is 469 g/mol. The molecule has 1 fully saturated rings. The number of alkyl halides is 3. The van der Waals surface area contributed by atoms with E-state index in [1.807, 2.05) is 30.3 Å². The van der Waals surface area contributed by atoms with Crippen LogP contribution in [0.4, 0.5) is 34.6 Å². The van der Waals surface area contributed by atoms with Gasteiger partial charge >= 0.3 is 6.18 Å². The lowest BCUT2D eigenvalue weighted by molar-refractivity contribution is -0.137. The zero-order chi connectivity index (χ0) is 23.9. The molecule has 1 saturated heterocycles. The van der Waals surface area contributed by atoms with Crippen molar-refractivity contribution in [2.45, 2.75) is 18.6 Å². The van der Waals surface area contributed by atoms with E-state index < -0.39 is 23.5 Å². The third kappa shape index (κ3) is 4.32. The van der Waals surface area contributed by atoms with Crippen molar-refractivity contribution in [2.24, 2.45) is 5.92 Å². The van der Waals surface area contributed by atoms with E-state index in [1.165, 1.54) is 30.3 Å². The number of hydrogen-bond donors (Lipinski definition) is 1. The summed E-state index contributed by atoms with van der Waals surface area (Å²) in [6, 6.07) is 18.9. The van der Waals surface area contributed by atoms with E-state index in [0.717, 1.165) is 23.5 Å². The first-order valence-electron chi connectivity index (χ1n) is 11.1. The molecule has 3 aromatic carbocycles. The van der Waals surface area contributed by atoms with Crippen LogP contribution >= 0.6 is 0 Å². The molecular formula is C26H23F4N3O. The number of nitrogens with zero attached hydrogens (tertiary/aromatic N) is 2. The third-order valence-electron chi connectivity index (χ3n) is 6.61. The summed E-state index contributed by atoms with van der Waals surface area (Å²) in [5.74, 6) is -1.28. The Morgan fingerprint density at radius 2 is 1.68 bits per heavy atom. The van der Waals surface area contributed by atoms with Gasteiger partial charge in [-0.05, 0) is 66.6 Å². The van der Waals surface area contributed by atoms with Crippen molar-refractivity contribution in [2.75, 3.05) is 34.8 Å². The van der Waals surface area contributed by atoms with Crippen LogP contribution in [0.3, 0.4) is 0 Å². The van der Waals surface area contributed by atoms with Gasteiger partial charge in [0.2, 0.25) is 5.91 Å². The molecule has 176 valence electrons. The number of hydrogen-bond acceptors (Lipinski definition) is 3. The Hall–Kier alpha value is -3.55. The molecule has 8 heteroatoms. The highest BCUT2D eigenvalue weighted by Gasteiger charge is 2.42. The van der Waals surface area contributed by atoms with Gasteiger partial charge in [-0.2, -0.15) is 13.2 Å². The van der Waals surface area contributed by atoms with Crippen molar-refractivity contribution in [3.63, 3.8) is 0 Å². The molecule has 4 nitrogen and oxygen atoms in total. The van der Waals surface area contributed by atoms with Crippen LogP contribution in [-0.4, -0.2) is 31.6 Å². The Labute approximate surface area is 194 Å². The molecule has 1 N–H and O–H groups in total. The largest absolute Gasteiger partial charge is 0.416 e. The van der Waals surface area contributed by atoms with Crippen molar-refractivity contribution >= 4 is 23.0 Å². The second-order valence-corrected chi connectivity index (χ2v) is 8.69. The first kappa shape index (κ1) is 22.3. The first-order valence-corrected chi connectivity index (χ1v) is 11.1. The smallest absolute Gasteiger partial charge is 0.368 e. The van der Waals surface area contributed by atoms with E-state index in [1.54, 1.807) is 0 Å². The fraction of sp³-hybridized carbons (Fsp3) is 0.269. The number of nitrogens with one attached hydrogen (secondary N) is 1. The van der Waals surface area contributed by atoms with Crippen LogP contribution in [0, 0.1) is 11.7 Å². The van der Waals surface area contributed by atoms with Gasteiger partial charge in [-0.25, -0.2) is 4.39 Å². The van der Waals surface area contributed by atoms with Gasteiger partial charge < -0.3 is 15.1 Å². The summed E-state index contributed by atoms with van der Waals surface area (Å²) in [4.78, 5) is 17.6. The lowest BCUT2D eigenvalue weighted by Crippen LogP contribution is -2.60. The van der Waals surface area contributed by atoms with Gasteiger partial charge in [0.1, 0.15) is 5.82 Å².